The number of benzene rings is 3. The van der Waals surface area contributed by atoms with Gasteiger partial charge in [0.15, 0.2) is 11.5 Å². The number of ether oxygens (including phenoxy) is 4. The van der Waals surface area contributed by atoms with Gasteiger partial charge in [-0.05, 0) is 53.4 Å². The predicted octanol–water partition coefficient (Wildman–Crippen LogP) is 5.13. The first-order chi connectivity index (χ1) is 16.9. The van der Waals surface area contributed by atoms with Crippen molar-refractivity contribution in [3.63, 3.8) is 0 Å². The van der Waals surface area contributed by atoms with Crippen LogP contribution in [0.1, 0.15) is 10.5 Å². The van der Waals surface area contributed by atoms with E-state index in [0.717, 1.165) is 0 Å². The Morgan fingerprint density at radius 1 is 0.917 bits per heavy atom. The molecule has 0 saturated heterocycles. The van der Waals surface area contributed by atoms with Crippen molar-refractivity contribution in [1.29, 1.82) is 0 Å². The number of halogens is 2. The van der Waals surface area contributed by atoms with Gasteiger partial charge in [-0.2, -0.15) is 0 Å². The molecular weight excluding hydrogens is 507 g/mol. The maximum absolute atomic E-state index is 13.8. The van der Waals surface area contributed by atoms with Gasteiger partial charge in [-0.1, -0.05) is 23.7 Å². The summed E-state index contributed by atoms with van der Waals surface area (Å²) in [6.45, 7) is 0. The van der Waals surface area contributed by atoms with E-state index in [0.29, 0.717) is 45.1 Å². The Morgan fingerprint density at radius 2 is 1.53 bits per heavy atom. The van der Waals surface area contributed by atoms with Crippen LogP contribution < -0.4 is 25.5 Å². The number of carbonyl (C=O) groups excluding carboxylic acids is 1. The molecule has 0 bridgehead atoms. The lowest BCUT2D eigenvalue weighted by Crippen LogP contribution is -2.27. The molecule has 4 rings (SSSR count). The third kappa shape index (κ3) is 4.41. The van der Waals surface area contributed by atoms with Gasteiger partial charge in [0.2, 0.25) is 5.75 Å². The summed E-state index contributed by atoms with van der Waals surface area (Å²) in [5, 5.41) is 0.938. The first kappa shape index (κ1) is 26.7. The molecule has 0 aliphatic carbocycles. The van der Waals surface area contributed by atoms with Crippen LogP contribution in [0.4, 0.5) is 5.69 Å². The molecule has 0 atom stereocenters. The highest BCUT2D eigenvalue weighted by atomic mass is 35.5. The van der Waals surface area contributed by atoms with Gasteiger partial charge in [-0.3, -0.25) is 9.36 Å². The molecule has 188 valence electrons. The molecule has 2 N–H and O–H groups in total. The smallest absolute Gasteiger partial charge is 0.355 e. The summed E-state index contributed by atoms with van der Waals surface area (Å²) < 4.78 is 22.9. The molecule has 36 heavy (non-hydrogen) atoms. The summed E-state index contributed by atoms with van der Waals surface area (Å²) >= 11 is 6.52. The first-order valence-corrected chi connectivity index (χ1v) is 10.9. The number of nitrogens with two attached hydrogens (primary N) is 1. The summed E-state index contributed by atoms with van der Waals surface area (Å²) in [4.78, 5) is 27.0. The molecule has 1 heterocycles. The maximum atomic E-state index is 13.8. The summed E-state index contributed by atoms with van der Waals surface area (Å²) in [7, 11) is 5.73. The van der Waals surface area contributed by atoms with Crippen LogP contribution in [-0.4, -0.2) is 39.0 Å². The lowest BCUT2D eigenvalue weighted by atomic mass is 9.95. The zero-order chi connectivity index (χ0) is 25.3. The van der Waals surface area contributed by atoms with E-state index in [-0.39, 0.29) is 28.5 Å². The summed E-state index contributed by atoms with van der Waals surface area (Å²) in [5.74, 6) is 0.410. The number of fused-ring (bicyclic) bond motifs is 1. The standard InChI is InChI=1S/C26H23ClN2O6.ClH/c1-32-19-12-14(13-20(33-2)24(19)34-3)21-17-6-5-7-18(27)22(17)25(30)29(23(21)26(31)35-4)16-10-8-15(28)9-11-16;/h5-13H,28H2,1-4H3;1H. The molecule has 0 amide bonds. The van der Waals surface area contributed by atoms with Gasteiger partial charge < -0.3 is 24.7 Å². The Hall–Kier alpha value is -3.88. The minimum Gasteiger partial charge on any atom is -0.493 e. The lowest BCUT2D eigenvalue weighted by molar-refractivity contribution is 0.0591. The molecule has 4 aromatic rings. The Bertz CT molecular complexity index is 1470. The predicted molar refractivity (Wildman–Crippen MR) is 143 cm³/mol. The fourth-order valence-electron chi connectivity index (χ4n) is 4.08. The largest absolute Gasteiger partial charge is 0.493 e. The monoisotopic (exact) mass is 530 g/mol. The first-order valence-electron chi connectivity index (χ1n) is 10.5. The van der Waals surface area contributed by atoms with Crippen molar-refractivity contribution in [1.82, 2.24) is 4.57 Å². The second-order valence-corrected chi connectivity index (χ2v) is 7.93. The number of hydrogen-bond donors (Lipinski definition) is 1. The minimum atomic E-state index is -0.718. The number of nitrogens with zero attached hydrogens (tertiary/aromatic N) is 1. The summed E-state index contributed by atoms with van der Waals surface area (Å²) in [6.07, 6.45) is 0. The average Bonchev–Trinajstić information content (AvgIpc) is 2.87. The van der Waals surface area contributed by atoms with E-state index in [1.54, 1.807) is 54.6 Å². The molecule has 8 nitrogen and oxygen atoms in total. The summed E-state index contributed by atoms with van der Waals surface area (Å²) in [5.41, 5.74) is 7.23. The van der Waals surface area contributed by atoms with Crippen LogP contribution in [0.25, 0.3) is 27.6 Å². The minimum absolute atomic E-state index is 0. The molecule has 10 heteroatoms. The molecule has 0 unspecified atom stereocenters. The fraction of sp³-hybridized carbons (Fsp3) is 0.154. The number of aromatic nitrogens is 1. The van der Waals surface area contributed by atoms with Crippen molar-refractivity contribution in [3.8, 4) is 34.1 Å². The number of rotatable bonds is 6. The van der Waals surface area contributed by atoms with Gasteiger partial charge in [0.1, 0.15) is 5.69 Å². The van der Waals surface area contributed by atoms with Gasteiger partial charge >= 0.3 is 5.97 Å². The number of carbonyl (C=O) groups is 1. The Balaban J connectivity index is 0.00000361. The van der Waals surface area contributed by atoms with E-state index in [4.69, 9.17) is 36.3 Å². The van der Waals surface area contributed by atoms with Crippen LogP contribution in [0.5, 0.6) is 17.2 Å². The highest BCUT2D eigenvalue weighted by Gasteiger charge is 2.27. The number of esters is 1. The second kappa shape index (κ2) is 10.8. The third-order valence-electron chi connectivity index (χ3n) is 5.64. The van der Waals surface area contributed by atoms with Crippen LogP contribution in [0.2, 0.25) is 5.02 Å². The molecule has 3 aromatic carbocycles. The Morgan fingerprint density at radius 3 is 2.06 bits per heavy atom. The number of pyridine rings is 1. The second-order valence-electron chi connectivity index (χ2n) is 7.52. The molecule has 0 spiro atoms. The normalized spacial score (nSPS) is 10.5. The lowest BCUT2D eigenvalue weighted by Gasteiger charge is -2.21. The van der Waals surface area contributed by atoms with Gasteiger partial charge in [0, 0.05) is 16.9 Å². The third-order valence-corrected chi connectivity index (χ3v) is 5.96. The van der Waals surface area contributed by atoms with Crippen molar-refractivity contribution in [2.45, 2.75) is 0 Å². The van der Waals surface area contributed by atoms with Gasteiger partial charge in [0.05, 0.1) is 38.8 Å². The molecule has 0 aliphatic heterocycles. The average molecular weight is 531 g/mol. The zero-order valence-corrected chi connectivity index (χ0v) is 21.5. The number of nitrogen functional groups attached to an aromatic ring is 1. The van der Waals surface area contributed by atoms with Crippen LogP contribution >= 0.6 is 24.0 Å². The van der Waals surface area contributed by atoms with Gasteiger partial charge in [-0.25, -0.2) is 4.79 Å². The topological polar surface area (TPSA) is 102 Å². The van der Waals surface area contributed by atoms with Crippen LogP contribution in [0.15, 0.2) is 59.4 Å². The Kier molecular flexibility index (Phi) is 8.02. The van der Waals surface area contributed by atoms with Crippen LogP contribution in [-0.2, 0) is 4.74 Å². The molecular formula is C26H24Cl2N2O6. The Labute approximate surface area is 218 Å². The quantitative estimate of drug-likeness (QED) is 0.272. The molecule has 0 saturated carbocycles. The van der Waals surface area contributed by atoms with Gasteiger partial charge in [-0.15, -0.1) is 12.4 Å². The van der Waals surface area contributed by atoms with E-state index in [1.165, 1.54) is 33.0 Å². The van der Waals surface area contributed by atoms with Gasteiger partial charge in [0.25, 0.3) is 5.56 Å². The van der Waals surface area contributed by atoms with Crippen molar-refractivity contribution in [2.24, 2.45) is 0 Å². The van der Waals surface area contributed by atoms with Crippen LogP contribution in [0, 0.1) is 0 Å². The SMILES string of the molecule is COC(=O)c1c(-c2cc(OC)c(OC)c(OC)c2)c2cccc(Cl)c2c(=O)n1-c1ccc(N)cc1.Cl. The number of anilines is 1. The van der Waals surface area contributed by atoms with E-state index in [2.05, 4.69) is 0 Å². The zero-order valence-electron chi connectivity index (χ0n) is 20.0. The van der Waals surface area contributed by atoms with Crippen molar-refractivity contribution >= 4 is 46.4 Å². The highest BCUT2D eigenvalue weighted by Crippen LogP contribution is 2.44. The molecule has 1 aromatic heterocycles. The molecule has 0 radical (unpaired) electrons. The van der Waals surface area contributed by atoms with Crippen molar-refractivity contribution < 1.29 is 23.7 Å². The maximum Gasteiger partial charge on any atom is 0.355 e. The van der Waals surface area contributed by atoms with E-state index >= 15 is 0 Å². The highest BCUT2D eigenvalue weighted by molar-refractivity contribution is 6.36. The fourth-order valence-corrected chi connectivity index (χ4v) is 4.34. The van der Waals surface area contributed by atoms with E-state index < -0.39 is 11.5 Å². The molecule has 0 fully saturated rings. The number of methoxy groups -OCH3 is 4. The van der Waals surface area contributed by atoms with E-state index in [1.807, 2.05) is 0 Å². The van der Waals surface area contributed by atoms with Crippen LogP contribution in [0.3, 0.4) is 0 Å². The molecule has 0 aliphatic rings. The van der Waals surface area contributed by atoms with Crippen molar-refractivity contribution in [3.05, 3.63) is 75.7 Å². The number of hydrogen-bond acceptors (Lipinski definition) is 7. The van der Waals surface area contributed by atoms with Crippen molar-refractivity contribution in [2.75, 3.05) is 34.2 Å². The van der Waals surface area contributed by atoms with E-state index in [9.17, 15) is 9.59 Å². The summed E-state index contributed by atoms with van der Waals surface area (Å²) in [6, 6.07) is 15.0.